The molecule has 2 aliphatic heterocycles. The van der Waals surface area contributed by atoms with E-state index in [4.69, 9.17) is 13.7 Å². The summed E-state index contributed by atoms with van der Waals surface area (Å²) in [6, 6.07) is 4.07. The van der Waals surface area contributed by atoms with Crippen LogP contribution in [0, 0.1) is 5.92 Å². The summed E-state index contributed by atoms with van der Waals surface area (Å²) in [6.07, 6.45) is 1.61. The van der Waals surface area contributed by atoms with Gasteiger partial charge in [0.1, 0.15) is 12.2 Å². The first-order valence-electron chi connectivity index (χ1n) is 9.58. The van der Waals surface area contributed by atoms with Gasteiger partial charge in [0.25, 0.3) is 0 Å². The number of carbonyl (C=O) groups is 1. The molecule has 2 aliphatic carbocycles. The Labute approximate surface area is 163 Å². The van der Waals surface area contributed by atoms with E-state index >= 15 is 0 Å². The molecule has 0 amide bonds. The fraction of sp³-hybridized carbons (Fsp3) is 0.632. The van der Waals surface area contributed by atoms with Gasteiger partial charge in [-0.15, -0.1) is 0 Å². The second kappa shape index (κ2) is 5.91. The zero-order chi connectivity index (χ0) is 19.8. The summed E-state index contributed by atoms with van der Waals surface area (Å²) in [7, 11) is -2.48. The number of benzene rings is 1. The molecule has 1 saturated carbocycles. The average Bonchev–Trinajstić information content (AvgIpc) is 2.95. The molecule has 2 bridgehead atoms. The number of hydrogen-bond donors (Lipinski definition) is 1. The van der Waals surface area contributed by atoms with Crippen molar-refractivity contribution >= 4 is 16.4 Å². The van der Waals surface area contributed by atoms with Crippen molar-refractivity contribution in [1.82, 2.24) is 4.90 Å². The smallest absolute Gasteiger partial charge is 0.397 e. The summed E-state index contributed by atoms with van der Waals surface area (Å²) in [5, 5.41) is 0. The van der Waals surface area contributed by atoms with Gasteiger partial charge in [-0.05, 0) is 56.8 Å². The van der Waals surface area contributed by atoms with Gasteiger partial charge >= 0.3 is 16.4 Å². The first kappa shape index (κ1) is 18.4. The van der Waals surface area contributed by atoms with Crippen LogP contribution in [0.1, 0.15) is 37.3 Å². The van der Waals surface area contributed by atoms with Gasteiger partial charge in [0.2, 0.25) is 0 Å². The Balaban J connectivity index is 1.69. The first-order valence-corrected chi connectivity index (χ1v) is 10.9. The molecule has 2 heterocycles. The highest BCUT2D eigenvalue weighted by Crippen LogP contribution is 2.64. The Morgan fingerprint density at radius 3 is 2.86 bits per heavy atom. The standard InChI is InChI=1S/C19H23NO7S/c1-10(21)25-14-5-3-11-9-13-12-4-6-15(27-28(22,23)24)18-19(12,7-8-20(13)2)16(11)17(14)26-18/h3,5,12-13,15,18H,4,6-9H2,1-2H3,(H,22,23,24). The third-order valence-corrected chi connectivity index (χ3v) is 7.51. The fourth-order valence-electron chi connectivity index (χ4n) is 6.17. The van der Waals surface area contributed by atoms with Crippen LogP contribution in [-0.2, 0) is 31.2 Å². The molecule has 1 N–H and O–H groups in total. The van der Waals surface area contributed by atoms with E-state index in [1.807, 2.05) is 6.07 Å². The molecule has 1 saturated heterocycles. The highest BCUT2D eigenvalue weighted by atomic mass is 32.3. The number of nitrogens with zero attached hydrogens (tertiary/aromatic N) is 1. The number of likely N-dealkylation sites (tertiary alicyclic amines) is 1. The average molecular weight is 409 g/mol. The van der Waals surface area contributed by atoms with Crippen LogP contribution in [0.5, 0.6) is 11.5 Å². The Kier molecular flexibility index (Phi) is 3.88. The molecule has 8 nitrogen and oxygen atoms in total. The van der Waals surface area contributed by atoms with E-state index in [1.165, 1.54) is 6.92 Å². The van der Waals surface area contributed by atoms with E-state index in [-0.39, 0.29) is 0 Å². The highest BCUT2D eigenvalue weighted by molar-refractivity contribution is 7.80. The van der Waals surface area contributed by atoms with Crippen molar-refractivity contribution in [3.8, 4) is 11.5 Å². The van der Waals surface area contributed by atoms with Gasteiger partial charge in [0.15, 0.2) is 11.5 Å². The Morgan fingerprint density at radius 1 is 1.36 bits per heavy atom. The van der Waals surface area contributed by atoms with Gasteiger partial charge < -0.3 is 14.4 Å². The maximum atomic E-state index is 11.6. The van der Waals surface area contributed by atoms with E-state index in [1.54, 1.807) is 6.07 Å². The largest absolute Gasteiger partial charge is 0.482 e. The van der Waals surface area contributed by atoms with Gasteiger partial charge in [-0.1, -0.05) is 6.07 Å². The molecule has 1 aromatic carbocycles. The summed E-state index contributed by atoms with van der Waals surface area (Å²) in [6.45, 7) is 2.20. The fourth-order valence-corrected chi connectivity index (χ4v) is 6.68. The maximum Gasteiger partial charge on any atom is 0.397 e. The molecule has 28 heavy (non-hydrogen) atoms. The lowest BCUT2D eigenvalue weighted by atomic mass is 9.51. The molecule has 2 fully saturated rings. The van der Waals surface area contributed by atoms with Crippen LogP contribution in [0.3, 0.4) is 0 Å². The van der Waals surface area contributed by atoms with Crippen LogP contribution >= 0.6 is 0 Å². The SMILES string of the molecule is CC(=O)Oc1ccc2c3c1OC1C(OS(=O)(=O)O)CCC4C(C2)N(C)CCC341. The third kappa shape index (κ3) is 2.46. The van der Waals surface area contributed by atoms with Crippen molar-refractivity contribution in [2.75, 3.05) is 13.6 Å². The second-order valence-electron chi connectivity index (χ2n) is 8.35. The number of rotatable bonds is 3. The van der Waals surface area contributed by atoms with Crippen LogP contribution < -0.4 is 9.47 Å². The molecular weight excluding hydrogens is 386 g/mol. The molecule has 5 unspecified atom stereocenters. The summed E-state index contributed by atoms with van der Waals surface area (Å²) in [5.74, 6) is 0.735. The summed E-state index contributed by atoms with van der Waals surface area (Å²) < 4.78 is 49.0. The van der Waals surface area contributed by atoms with Crippen molar-refractivity contribution in [2.45, 2.75) is 56.3 Å². The van der Waals surface area contributed by atoms with Gasteiger partial charge in [-0.2, -0.15) is 8.42 Å². The third-order valence-electron chi connectivity index (χ3n) is 7.02. The first-order chi connectivity index (χ1) is 13.2. The Bertz CT molecular complexity index is 961. The monoisotopic (exact) mass is 409 g/mol. The van der Waals surface area contributed by atoms with Crippen molar-refractivity contribution in [2.24, 2.45) is 5.92 Å². The molecule has 4 aliphatic rings. The lowest BCUT2D eigenvalue weighted by Crippen LogP contribution is -2.66. The van der Waals surface area contributed by atoms with Crippen LogP contribution in [-0.4, -0.2) is 55.7 Å². The molecule has 152 valence electrons. The summed E-state index contributed by atoms with van der Waals surface area (Å²) in [5.41, 5.74) is 1.78. The number of likely N-dealkylation sites (N-methyl/N-ethyl adjacent to an activating group) is 1. The van der Waals surface area contributed by atoms with E-state index in [9.17, 15) is 17.8 Å². The van der Waals surface area contributed by atoms with Crippen molar-refractivity contribution in [1.29, 1.82) is 0 Å². The minimum Gasteiger partial charge on any atom is -0.482 e. The summed E-state index contributed by atoms with van der Waals surface area (Å²) >= 11 is 0. The lowest BCUT2D eigenvalue weighted by molar-refractivity contribution is -0.132. The quantitative estimate of drug-likeness (QED) is 0.455. The van der Waals surface area contributed by atoms with Crippen molar-refractivity contribution in [3.63, 3.8) is 0 Å². The van der Waals surface area contributed by atoms with Gasteiger partial charge in [-0.25, -0.2) is 4.18 Å². The molecular formula is C19H23NO7S. The van der Waals surface area contributed by atoms with Gasteiger partial charge in [-0.3, -0.25) is 9.35 Å². The predicted molar refractivity (Wildman–Crippen MR) is 97.7 cm³/mol. The Morgan fingerprint density at radius 2 is 2.14 bits per heavy atom. The van der Waals surface area contributed by atoms with Crippen molar-refractivity contribution in [3.05, 3.63) is 23.3 Å². The molecule has 0 aromatic heterocycles. The van der Waals surface area contributed by atoms with Gasteiger partial charge in [0, 0.05) is 23.9 Å². The Hall–Kier alpha value is -1.68. The van der Waals surface area contributed by atoms with E-state index in [0.29, 0.717) is 29.9 Å². The summed E-state index contributed by atoms with van der Waals surface area (Å²) in [4.78, 5) is 13.9. The maximum absolute atomic E-state index is 11.6. The molecule has 1 spiro atoms. The normalized spacial score (nSPS) is 35.8. The van der Waals surface area contributed by atoms with Crippen LogP contribution in [0.25, 0.3) is 0 Å². The van der Waals surface area contributed by atoms with E-state index < -0.39 is 34.0 Å². The van der Waals surface area contributed by atoms with Crippen molar-refractivity contribution < 1.29 is 31.4 Å². The topological polar surface area (TPSA) is 102 Å². The van der Waals surface area contributed by atoms with Gasteiger partial charge in [0.05, 0.1) is 0 Å². The lowest BCUT2D eigenvalue weighted by Gasteiger charge is -2.58. The predicted octanol–water partition coefficient (Wildman–Crippen LogP) is 1.47. The molecule has 5 rings (SSSR count). The van der Waals surface area contributed by atoms with Crippen LogP contribution in [0.15, 0.2) is 12.1 Å². The minimum atomic E-state index is -4.61. The zero-order valence-corrected chi connectivity index (χ0v) is 16.6. The number of esters is 1. The van der Waals surface area contributed by atoms with Crippen LogP contribution in [0.4, 0.5) is 0 Å². The number of carbonyl (C=O) groups excluding carboxylic acids is 1. The number of piperidine rings is 1. The number of ether oxygens (including phenoxy) is 2. The molecule has 5 atom stereocenters. The minimum absolute atomic E-state index is 0.291. The zero-order valence-electron chi connectivity index (χ0n) is 15.8. The second-order valence-corrected chi connectivity index (χ2v) is 9.40. The van der Waals surface area contributed by atoms with E-state index in [0.717, 1.165) is 36.9 Å². The number of hydrogen-bond acceptors (Lipinski definition) is 7. The molecule has 9 heteroatoms. The van der Waals surface area contributed by atoms with E-state index in [2.05, 4.69) is 11.9 Å². The van der Waals surface area contributed by atoms with Crippen LogP contribution in [0.2, 0.25) is 0 Å². The molecule has 0 radical (unpaired) electrons. The molecule has 1 aromatic rings. The highest BCUT2D eigenvalue weighted by Gasteiger charge is 2.66.